The van der Waals surface area contributed by atoms with Crippen LogP contribution in [-0.4, -0.2) is 47.0 Å². The van der Waals surface area contributed by atoms with Gasteiger partial charge >= 0.3 is 12.0 Å². The third-order valence-electron chi connectivity index (χ3n) is 3.33. The van der Waals surface area contributed by atoms with Gasteiger partial charge in [0.05, 0.1) is 5.92 Å². The van der Waals surface area contributed by atoms with Crippen molar-refractivity contribution < 1.29 is 19.5 Å². The van der Waals surface area contributed by atoms with E-state index in [1.807, 2.05) is 6.92 Å². The lowest BCUT2D eigenvalue weighted by atomic mass is 10.0. The van der Waals surface area contributed by atoms with Crippen molar-refractivity contribution in [2.24, 2.45) is 11.7 Å². The van der Waals surface area contributed by atoms with Crippen molar-refractivity contribution in [3.63, 3.8) is 0 Å². The van der Waals surface area contributed by atoms with Gasteiger partial charge in [0, 0.05) is 13.1 Å². The Hall–Kier alpha value is -1.79. The highest BCUT2D eigenvalue weighted by molar-refractivity contribution is 5.86. The Bertz CT molecular complexity index is 359. The lowest BCUT2D eigenvalue weighted by Gasteiger charge is -2.23. The molecule has 1 heterocycles. The molecule has 7 heteroatoms. The molecule has 2 unspecified atom stereocenters. The first-order valence-electron chi connectivity index (χ1n) is 6.54. The molecule has 0 radical (unpaired) electrons. The van der Waals surface area contributed by atoms with Crippen molar-refractivity contribution in [2.75, 3.05) is 13.1 Å². The van der Waals surface area contributed by atoms with Crippen LogP contribution in [0.5, 0.6) is 0 Å². The predicted octanol–water partition coefficient (Wildman–Crippen LogP) is 0.147. The van der Waals surface area contributed by atoms with Gasteiger partial charge in [-0.1, -0.05) is 13.3 Å². The quantitative estimate of drug-likeness (QED) is 0.638. The summed E-state index contributed by atoms with van der Waals surface area (Å²) < 4.78 is 0. The van der Waals surface area contributed by atoms with Crippen LogP contribution in [0.25, 0.3) is 0 Å². The molecule has 0 aromatic carbocycles. The first-order chi connectivity index (χ1) is 8.97. The van der Waals surface area contributed by atoms with Gasteiger partial charge in [0.25, 0.3) is 0 Å². The SMILES string of the molecule is CCCC(CNC(=O)N1CCCC1C(N)=O)C(=O)O. The number of nitrogens with zero attached hydrogens (tertiary/aromatic N) is 1. The number of nitrogens with two attached hydrogens (primary N) is 1. The number of nitrogens with one attached hydrogen (secondary N) is 1. The molecule has 0 saturated carbocycles. The number of carboxylic acids is 1. The van der Waals surface area contributed by atoms with E-state index in [2.05, 4.69) is 5.32 Å². The number of aliphatic carboxylic acids is 1. The average Bonchev–Trinajstić information content (AvgIpc) is 2.82. The fourth-order valence-corrected chi connectivity index (χ4v) is 2.28. The summed E-state index contributed by atoms with van der Waals surface area (Å²) in [6, 6.07) is -0.988. The maximum absolute atomic E-state index is 11.9. The highest BCUT2D eigenvalue weighted by Crippen LogP contribution is 2.16. The van der Waals surface area contributed by atoms with Crippen LogP contribution in [-0.2, 0) is 9.59 Å². The molecule has 2 atom stereocenters. The van der Waals surface area contributed by atoms with Crippen molar-refractivity contribution in [2.45, 2.75) is 38.6 Å². The third kappa shape index (κ3) is 4.11. The monoisotopic (exact) mass is 271 g/mol. The Balaban J connectivity index is 2.50. The summed E-state index contributed by atoms with van der Waals surface area (Å²) in [7, 11) is 0. The molecule has 1 aliphatic rings. The number of rotatable bonds is 6. The molecule has 3 amide bonds. The van der Waals surface area contributed by atoms with Crippen LogP contribution < -0.4 is 11.1 Å². The Morgan fingerprint density at radius 1 is 1.47 bits per heavy atom. The summed E-state index contributed by atoms with van der Waals surface area (Å²) in [5.74, 6) is -2.03. The van der Waals surface area contributed by atoms with Crippen molar-refractivity contribution in [3.05, 3.63) is 0 Å². The third-order valence-corrected chi connectivity index (χ3v) is 3.33. The highest BCUT2D eigenvalue weighted by Gasteiger charge is 2.32. The molecular formula is C12H21N3O4. The van der Waals surface area contributed by atoms with Crippen LogP contribution in [0.4, 0.5) is 4.79 Å². The van der Waals surface area contributed by atoms with Gasteiger partial charge in [-0.2, -0.15) is 0 Å². The molecule has 0 spiro atoms. The minimum atomic E-state index is -0.921. The second-order valence-corrected chi connectivity index (χ2v) is 4.76. The maximum atomic E-state index is 11.9. The first kappa shape index (κ1) is 15.3. The molecule has 1 fully saturated rings. The molecule has 4 N–H and O–H groups in total. The summed E-state index contributed by atoms with van der Waals surface area (Å²) in [6.07, 6.45) is 2.55. The molecule has 108 valence electrons. The van der Waals surface area contributed by atoms with E-state index < -0.39 is 29.9 Å². The average molecular weight is 271 g/mol. The van der Waals surface area contributed by atoms with Gasteiger partial charge in [-0.25, -0.2) is 4.79 Å². The first-order valence-corrected chi connectivity index (χ1v) is 6.54. The number of carboxylic acid groups (broad SMARTS) is 1. The maximum Gasteiger partial charge on any atom is 0.318 e. The number of amides is 3. The van der Waals surface area contributed by atoms with Gasteiger partial charge in [-0.3, -0.25) is 9.59 Å². The van der Waals surface area contributed by atoms with Crippen LogP contribution in [0.2, 0.25) is 0 Å². The zero-order valence-corrected chi connectivity index (χ0v) is 11.1. The van der Waals surface area contributed by atoms with Gasteiger partial charge in [-0.05, 0) is 19.3 Å². The van der Waals surface area contributed by atoms with Crippen LogP contribution in [0, 0.1) is 5.92 Å². The zero-order chi connectivity index (χ0) is 14.4. The van der Waals surface area contributed by atoms with E-state index >= 15 is 0 Å². The van der Waals surface area contributed by atoms with Crippen LogP contribution >= 0.6 is 0 Å². The molecular weight excluding hydrogens is 250 g/mol. The van der Waals surface area contributed by atoms with Gasteiger partial charge < -0.3 is 21.1 Å². The van der Waals surface area contributed by atoms with Crippen molar-refractivity contribution in [3.8, 4) is 0 Å². The van der Waals surface area contributed by atoms with E-state index in [4.69, 9.17) is 10.8 Å². The van der Waals surface area contributed by atoms with E-state index in [1.54, 1.807) is 0 Å². The van der Waals surface area contributed by atoms with E-state index in [-0.39, 0.29) is 6.54 Å². The Morgan fingerprint density at radius 3 is 2.68 bits per heavy atom. The van der Waals surface area contributed by atoms with Crippen LogP contribution in [0.1, 0.15) is 32.6 Å². The number of urea groups is 1. The minimum absolute atomic E-state index is 0.0734. The van der Waals surface area contributed by atoms with Crippen LogP contribution in [0.3, 0.4) is 0 Å². The van der Waals surface area contributed by atoms with Gasteiger partial charge in [0.1, 0.15) is 6.04 Å². The lowest BCUT2D eigenvalue weighted by Crippen LogP contribution is -2.49. The van der Waals surface area contributed by atoms with Gasteiger partial charge in [-0.15, -0.1) is 0 Å². The van der Waals surface area contributed by atoms with Crippen LogP contribution in [0.15, 0.2) is 0 Å². The molecule has 0 aliphatic carbocycles. The number of hydrogen-bond acceptors (Lipinski definition) is 3. The van der Waals surface area contributed by atoms with Gasteiger partial charge in [0.15, 0.2) is 0 Å². The second-order valence-electron chi connectivity index (χ2n) is 4.76. The number of primary amides is 1. The summed E-state index contributed by atoms with van der Waals surface area (Å²) in [4.78, 5) is 35.4. The van der Waals surface area contributed by atoms with E-state index in [1.165, 1.54) is 4.90 Å². The summed E-state index contributed by atoms with van der Waals surface area (Å²) in [5.41, 5.74) is 5.22. The largest absolute Gasteiger partial charge is 0.481 e. The summed E-state index contributed by atoms with van der Waals surface area (Å²) >= 11 is 0. The number of carbonyl (C=O) groups excluding carboxylic acids is 2. The fraction of sp³-hybridized carbons (Fsp3) is 0.750. The normalized spacial score (nSPS) is 20.1. The topological polar surface area (TPSA) is 113 Å². The minimum Gasteiger partial charge on any atom is -0.481 e. The molecule has 1 rings (SSSR count). The second kappa shape index (κ2) is 6.96. The molecule has 0 aromatic heterocycles. The lowest BCUT2D eigenvalue weighted by molar-refractivity contribution is -0.141. The standard InChI is InChI=1S/C12H21N3O4/c1-2-4-8(11(17)18)7-14-12(19)15-6-3-5-9(15)10(13)16/h8-9H,2-7H2,1H3,(H2,13,16)(H,14,19)(H,17,18). The Labute approximate surface area is 112 Å². The molecule has 19 heavy (non-hydrogen) atoms. The molecule has 0 bridgehead atoms. The van der Waals surface area contributed by atoms with Crippen molar-refractivity contribution >= 4 is 17.9 Å². The highest BCUT2D eigenvalue weighted by atomic mass is 16.4. The molecule has 0 aromatic rings. The number of hydrogen-bond donors (Lipinski definition) is 3. The molecule has 7 nitrogen and oxygen atoms in total. The molecule has 1 aliphatic heterocycles. The van der Waals surface area contributed by atoms with E-state index in [9.17, 15) is 14.4 Å². The Kier molecular flexibility index (Phi) is 5.59. The van der Waals surface area contributed by atoms with E-state index in [0.717, 1.165) is 12.8 Å². The fourth-order valence-electron chi connectivity index (χ4n) is 2.28. The van der Waals surface area contributed by atoms with Crippen molar-refractivity contribution in [1.29, 1.82) is 0 Å². The predicted molar refractivity (Wildman–Crippen MR) is 68.4 cm³/mol. The molecule has 1 saturated heterocycles. The van der Waals surface area contributed by atoms with Crippen molar-refractivity contribution in [1.82, 2.24) is 10.2 Å². The Morgan fingerprint density at radius 2 is 2.16 bits per heavy atom. The zero-order valence-electron chi connectivity index (χ0n) is 11.1. The number of carbonyl (C=O) groups is 3. The number of likely N-dealkylation sites (tertiary alicyclic amines) is 1. The van der Waals surface area contributed by atoms with Gasteiger partial charge in [0.2, 0.25) is 5.91 Å². The smallest absolute Gasteiger partial charge is 0.318 e. The summed E-state index contributed by atoms with van der Waals surface area (Å²) in [5, 5.41) is 11.6. The van der Waals surface area contributed by atoms with E-state index in [0.29, 0.717) is 19.4 Å². The summed E-state index contributed by atoms with van der Waals surface area (Å²) in [6.45, 7) is 2.44.